The molecule has 8 heteroatoms. The SMILES string of the molecule is CC(C)OCCCNS(=O)(=O)c1ccc(NCCc2ccccc2)c(C(=O)O)c1. The van der Waals surface area contributed by atoms with Crippen LogP contribution in [0.3, 0.4) is 0 Å². The quantitative estimate of drug-likeness (QED) is 0.456. The Morgan fingerprint density at radius 2 is 1.83 bits per heavy atom. The Kier molecular flexibility index (Phi) is 8.63. The molecule has 0 radical (unpaired) electrons. The second-order valence-corrected chi connectivity index (χ2v) is 8.61. The molecular weight excluding hydrogens is 392 g/mol. The maximum absolute atomic E-state index is 12.4. The Morgan fingerprint density at radius 1 is 1.10 bits per heavy atom. The minimum absolute atomic E-state index is 0.0757. The Morgan fingerprint density at radius 3 is 2.48 bits per heavy atom. The smallest absolute Gasteiger partial charge is 0.337 e. The summed E-state index contributed by atoms with van der Waals surface area (Å²) in [6.45, 7) is 5.02. The number of carboxylic acids is 1. The average molecular weight is 421 g/mol. The molecule has 158 valence electrons. The van der Waals surface area contributed by atoms with Crippen molar-refractivity contribution < 1.29 is 23.1 Å². The van der Waals surface area contributed by atoms with E-state index in [9.17, 15) is 18.3 Å². The van der Waals surface area contributed by atoms with Gasteiger partial charge in [-0.05, 0) is 50.5 Å². The van der Waals surface area contributed by atoms with E-state index in [0.717, 1.165) is 12.0 Å². The van der Waals surface area contributed by atoms with E-state index in [1.807, 2.05) is 44.2 Å². The van der Waals surface area contributed by atoms with Crippen LogP contribution in [0.1, 0.15) is 36.2 Å². The van der Waals surface area contributed by atoms with Crippen molar-refractivity contribution in [3.05, 3.63) is 59.7 Å². The van der Waals surface area contributed by atoms with Crippen molar-refractivity contribution in [1.29, 1.82) is 0 Å². The number of ether oxygens (including phenoxy) is 1. The first-order chi connectivity index (χ1) is 13.8. The van der Waals surface area contributed by atoms with E-state index in [1.165, 1.54) is 18.2 Å². The van der Waals surface area contributed by atoms with Crippen molar-refractivity contribution in [3.8, 4) is 0 Å². The average Bonchev–Trinajstić information content (AvgIpc) is 2.68. The minimum atomic E-state index is -3.79. The Labute approximate surface area is 172 Å². The lowest BCUT2D eigenvalue weighted by Gasteiger charge is -2.13. The second-order valence-electron chi connectivity index (χ2n) is 6.85. The molecule has 0 saturated heterocycles. The van der Waals surface area contributed by atoms with Gasteiger partial charge in [0.05, 0.1) is 16.6 Å². The van der Waals surface area contributed by atoms with E-state index in [1.54, 1.807) is 0 Å². The van der Waals surface area contributed by atoms with Crippen LogP contribution in [0.25, 0.3) is 0 Å². The molecule has 2 rings (SSSR count). The molecule has 2 aromatic carbocycles. The van der Waals surface area contributed by atoms with Crippen molar-refractivity contribution >= 4 is 21.7 Å². The summed E-state index contributed by atoms with van der Waals surface area (Å²) < 4.78 is 32.8. The first-order valence-electron chi connectivity index (χ1n) is 9.56. The lowest BCUT2D eigenvalue weighted by molar-refractivity contribution is 0.0697. The lowest BCUT2D eigenvalue weighted by atomic mass is 10.1. The van der Waals surface area contributed by atoms with Crippen molar-refractivity contribution in [3.63, 3.8) is 0 Å². The Hall–Kier alpha value is -2.42. The van der Waals surface area contributed by atoms with E-state index in [4.69, 9.17) is 4.74 Å². The minimum Gasteiger partial charge on any atom is -0.478 e. The number of aromatic carboxylic acids is 1. The zero-order chi connectivity index (χ0) is 21.3. The van der Waals surface area contributed by atoms with Crippen LogP contribution < -0.4 is 10.0 Å². The molecule has 0 aromatic heterocycles. The van der Waals surface area contributed by atoms with E-state index < -0.39 is 16.0 Å². The van der Waals surface area contributed by atoms with Crippen molar-refractivity contribution in [2.24, 2.45) is 0 Å². The summed E-state index contributed by atoms with van der Waals surface area (Å²) in [5.41, 5.74) is 1.43. The van der Waals surface area contributed by atoms with Gasteiger partial charge in [0.25, 0.3) is 0 Å². The lowest BCUT2D eigenvalue weighted by Crippen LogP contribution is -2.26. The molecule has 7 nitrogen and oxygen atoms in total. The highest BCUT2D eigenvalue weighted by molar-refractivity contribution is 7.89. The maximum atomic E-state index is 12.4. The predicted molar refractivity (Wildman–Crippen MR) is 113 cm³/mol. The number of hydrogen-bond donors (Lipinski definition) is 3. The molecular formula is C21H28N2O5S. The van der Waals surface area contributed by atoms with Gasteiger partial charge in [0.15, 0.2) is 0 Å². The molecule has 0 aliphatic carbocycles. The molecule has 29 heavy (non-hydrogen) atoms. The van der Waals surface area contributed by atoms with Crippen LogP contribution in [0.15, 0.2) is 53.4 Å². The van der Waals surface area contributed by atoms with E-state index in [-0.39, 0.29) is 23.1 Å². The van der Waals surface area contributed by atoms with Gasteiger partial charge in [-0.1, -0.05) is 30.3 Å². The molecule has 0 amide bonds. The number of nitrogens with one attached hydrogen (secondary N) is 2. The molecule has 0 spiro atoms. The molecule has 2 aromatic rings. The number of anilines is 1. The first-order valence-corrected chi connectivity index (χ1v) is 11.0. The summed E-state index contributed by atoms with van der Waals surface area (Å²) in [7, 11) is -3.79. The fourth-order valence-corrected chi connectivity index (χ4v) is 3.79. The number of rotatable bonds is 12. The third-order valence-corrected chi connectivity index (χ3v) is 5.63. The second kappa shape index (κ2) is 10.9. The first kappa shape index (κ1) is 22.9. The number of benzene rings is 2. The monoisotopic (exact) mass is 420 g/mol. The Balaban J connectivity index is 2.01. The van der Waals surface area contributed by atoms with Crippen LogP contribution in [0, 0.1) is 0 Å². The molecule has 0 aliphatic heterocycles. The normalized spacial score (nSPS) is 11.6. The van der Waals surface area contributed by atoms with Gasteiger partial charge in [-0.25, -0.2) is 17.9 Å². The van der Waals surface area contributed by atoms with Gasteiger partial charge < -0.3 is 15.2 Å². The summed E-state index contributed by atoms with van der Waals surface area (Å²) in [5.74, 6) is -1.19. The maximum Gasteiger partial charge on any atom is 0.337 e. The molecule has 0 unspecified atom stereocenters. The number of hydrogen-bond acceptors (Lipinski definition) is 5. The topological polar surface area (TPSA) is 105 Å². The Bertz CT molecular complexity index is 899. The summed E-state index contributed by atoms with van der Waals surface area (Å²) in [4.78, 5) is 11.5. The van der Waals surface area contributed by atoms with Gasteiger partial charge in [0.1, 0.15) is 0 Å². The molecule has 0 saturated carbocycles. The molecule has 0 aliphatic rings. The van der Waals surface area contributed by atoms with E-state index in [0.29, 0.717) is 25.3 Å². The number of carbonyl (C=O) groups is 1. The molecule has 0 atom stereocenters. The summed E-state index contributed by atoms with van der Waals surface area (Å²) in [5, 5.41) is 12.6. The zero-order valence-electron chi connectivity index (χ0n) is 16.7. The van der Waals surface area contributed by atoms with Crippen molar-refractivity contribution in [1.82, 2.24) is 4.72 Å². The van der Waals surface area contributed by atoms with Gasteiger partial charge in [0, 0.05) is 25.4 Å². The number of carboxylic acid groups (broad SMARTS) is 1. The van der Waals surface area contributed by atoms with Crippen LogP contribution in [-0.4, -0.2) is 45.3 Å². The molecule has 0 fully saturated rings. The van der Waals surface area contributed by atoms with Gasteiger partial charge in [-0.2, -0.15) is 0 Å². The summed E-state index contributed by atoms with van der Waals surface area (Å²) in [6.07, 6.45) is 1.34. The van der Waals surface area contributed by atoms with Gasteiger partial charge in [0.2, 0.25) is 10.0 Å². The zero-order valence-corrected chi connectivity index (χ0v) is 17.5. The van der Waals surface area contributed by atoms with E-state index >= 15 is 0 Å². The fourth-order valence-electron chi connectivity index (χ4n) is 2.69. The van der Waals surface area contributed by atoms with Crippen LogP contribution in [0.2, 0.25) is 0 Å². The van der Waals surface area contributed by atoms with Crippen LogP contribution >= 0.6 is 0 Å². The third-order valence-electron chi connectivity index (χ3n) is 4.17. The largest absolute Gasteiger partial charge is 0.478 e. The van der Waals surface area contributed by atoms with Crippen molar-refractivity contribution in [2.75, 3.05) is 25.0 Å². The highest BCUT2D eigenvalue weighted by Gasteiger charge is 2.18. The summed E-state index contributed by atoms with van der Waals surface area (Å²) in [6, 6.07) is 13.9. The highest BCUT2D eigenvalue weighted by atomic mass is 32.2. The van der Waals surface area contributed by atoms with Crippen LogP contribution in [0.4, 0.5) is 5.69 Å². The molecule has 0 heterocycles. The third kappa shape index (κ3) is 7.49. The van der Waals surface area contributed by atoms with Gasteiger partial charge >= 0.3 is 5.97 Å². The van der Waals surface area contributed by atoms with Gasteiger partial charge in [-0.15, -0.1) is 0 Å². The molecule has 0 bridgehead atoms. The van der Waals surface area contributed by atoms with Crippen LogP contribution in [-0.2, 0) is 21.2 Å². The highest BCUT2D eigenvalue weighted by Crippen LogP contribution is 2.21. The van der Waals surface area contributed by atoms with Gasteiger partial charge in [-0.3, -0.25) is 0 Å². The molecule has 3 N–H and O–H groups in total. The number of sulfonamides is 1. The van der Waals surface area contributed by atoms with Crippen molar-refractivity contribution in [2.45, 2.75) is 37.7 Å². The van der Waals surface area contributed by atoms with Crippen LogP contribution in [0.5, 0.6) is 0 Å². The summed E-state index contributed by atoms with van der Waals surface area (Å²) >= 11 is 0. The standard InChI is InChI=1S/C21H28N2O5S/c1-16(2)28-14-6-12-23-29(26,27)18-9-10-20(19(15-18)21(24)25)22-13-11-17-7-4-3-5-8-17/h3-5,7-10,15-16,22-23H,6,11-14H2,1-2H3,(H,24,25). The predicted octanol–water partition coefficient (Wildman–Crippen LogP) is 3.13. The fraction of sp³-hybridized carbons (Fsp3) is 0.381. The van der Waals surface area contributed by atoms with E-state index in [2.05, 4.69) is 10.0 Å².